The molecule has 5 heterocycles. The minimum absolute atomic E-state index is 0.0872. The van der Waals surface area contributed by atoms with Crippen molar-refractivity contribution in [3.63, 3.8) is 0 Å². The van der Waals surface area contributed by atoms with Gasteiger partial charge in [-0.1, -0.05) is 0 Å². The van der Waals surface area contributed by atoms with Crippen molar-refractivity contribution >= 4 is 17.6 Å². The number of fused-ring (bicyclic) bond motifs is 1. The fourth-order valence-corrected chi connectivity index (χ4v) is 4.04. The third-order valence-electron chi connectivity index (χ3n) is 5.76. The standard InChI is InChI=1S/C19H22F2N6O2/c20-18(21)29-14-6-12(8-23-17(14)22)13-7-16(25-19(24-13)26-3-1-4-26)27-9-11-2-5-28-15(11)10-27/h6-8,11,15,18H,1-5,9-10H2,(H2,22,23)/t11-,15+/m0/s1. The molecule has 2 aromatic rings. The summed E-state index contributed by atoms with van der Waals surface area (Å²) in [6.45, 7) is 1.33. The van der Waals surface area contributed by atoms with Crippen LogP contribution in [0.4, 0.5) is 26.4 Å². The Morgan fingerprint density at radius 1 is 1.17 bits per heavy atom. The van der Waals surface area contributed by atoms with E-state index in [1.807, 2.05) is 6.07 Å². The van der Waals surface area contributed by atoms with E-state index >= 15 is 0 Å². The van der Waals surface area contributed by atoms with E-state index in [1.165, 1.54) is 12.3 Å². The Kier molecular flexibility index (Phi) is 4.57. The Hall–Kier alpha value is -2.75. The highest BCUT2D eigenvalue weighted by atomic mass is 19.3. The fraction of sp³-hybridized carbons (Fsp3) is 0.526. The van der Waals surface area contributed by atoms with Crippen LogP contribution in [-0.4, -0.2) is 60.5 Å². The smallest absolute Gasteiger partial charge is 0.387 e. The molecule has 0 saturated carbocycles. The zero-order chi connectivity index (χ0) is 20.0. The molecule has 3 aliphatic rings. The van der Waals surface area contributed by atoms with E-state index in [-0.39, 0.29) is 17.7 Å². The maximum Gasteiger partial charge on any atom is 0.387 e. The van der Waals surface area contributed by atoms with Gasteiger partial charge in [-0.15, -0.1) is 0 Å². The van der Waals surface area contributed by atoms with Crippen molar-refractivity contribution in [2.45, 2.75) is 25.6 Å². The predicted molar refractivity (Wildman–Crippen MR) is 103 cm³/mol. The molecule has 0 radical (unpaired) electrons. The van der Waals surface area contributed by atoms with Gasteiger partial charge in [0, 0.05) is 56.5 Å². The van der Waals surface area contributed by atoms with Crippen LogP contribution in [0.5, 0.6) is 5.75 Å². The number of aromatic nitrogens is 3. The van der Waals surface area contributed by atoms with Crippen molar-refractivity contribution in [3.8, 4) is 17.0 Å². The summed E-state index contributed by atoms with van der Waals surface area (Å²) in [5.41, 5.74) is 6.82. The van der Waals surface area contributed by atoms with Gasteiger partial charge in [0.1, 0.15) is 5.82 Å². The predicted octanol–water partition coefficient (Wildman–Crippen LogP) is 2.16. The van der Waals surface area contributed by atoms with Gasteiger partial charge in [0.15, 0.2) is 11.6 Å². The Bertz CT molecular complexity index is 898. The first-order valence-electron chi connectivity index (χ1n) is 9.78. The molecule has 5 rings (SSSR count). The lowest BCUT2D eigenvalue weighted by Crippen LogP contribution is -2.38. The number of ether oxygens (including phenoxy) is 2. The molecule has 0 bridgehead atoms. The van der Waals surface area contributed by atoms with Gasteiger partial charge in [-0.05, 0) is 18.9 Å². The SMILES string of the molecule is Nc1ncc(-c2cc(N3C[C@@H]4CCO[C@@H]4C3)nc(N3CCC3)n2)cc1OC(F)F. The van der Waals surface area contributed by atoms with Crippen molar-refractivity contribution in [2.75, 3.05) is 48.3 Å². The average molecular weight is 404 g/mol. The molecule has 2 atom stereocenters. The summed E-state index contributed by atoms with van der Waals surface area (Å²) in [4.78, 5) is 17.7. The first-order chi connectivity index (χ1) is 14.1. The van der Waals surface area contributed by atoms with E-state index in [0.29, 0.717) is 23.1 Å². The number of alkyl halides is 2. The Labute approximate surface area is 166 Å². The van der Waals surface area contributed by atoms with Crippen LogP contribution >= 0.6 is 0 Å². The fourth-order valence-electron chi connectivity index (χ4n) is 4.04. The van der Waals surface area contributed by atoms with Crippen molar-refractivity contribution in [1.82, 2.24) is 15.0 Å². The summed E-state index contributed by atoms with van der Waals surface area (Å²) in [6.07, 6.45) is 3.92. The summed E-state index contributed by atoms with van der Waals surface area (Å²) in [5, 5.41) is 0. The zero-order valence-electron chi connectivity index (χ0n) is 15.8. The van der Waals surface area contributed by atoms with Crippen molar-refractivity contribution in [2.24, 2.45) is 5.92 Å². The van der Waals surface area contributed by atoms with Crippen molar-refractivity contribution in [3.05, 3.63) is 18.3 Å². The molecular weight excluding hydrogens is 382 g/mol. The number of anilines is 3. The highest BCUT2D eigenvalue weighted by Gasteiger charge is 2.38. The van der Waals surface area contributed by atoms with E-state index in [1.54, 1.807) is 0 Å². The van der Waals surface area contributed by atoms with E-state index in [2.05, 4.69) is 24.5 Å². The molecule has 3 fully saturated rings. The highest BCUT2D eigenvalue weighted by molar-refractivity contribution is 5.68. The summed E-state index contributed by atoms with van der Waals surface area (Å²) in [5.74, 6) is 1.71. The van der Waals surface area contributed by atoms with Crippen LogP contribution in [0, 0.1) is 5.92 Å². The molecule has 29 heavy (non-hydrogen) atoms. The van der Waals surface area contributed by atoms with Gasteiger partial charge < -0.3 is 25.0 Å². The van der Waals surface area contributed by atoms with Gasteiger partial charge in [-0.3, -0.25) is 0 Å². The number of nitrogens with zero attached hydrogens (tertiary/aromatic N) is 5. The second-order valence-electron chi connectivity index (χ2n) is 7.60. The first-order valence-corrected chi connectivity index (χ1v) is 9.78. The highest BCUT2D eigenvalue weighted by Crippen LogP contribution is 2.35. The average Bonchev–Trinajstić information content (AvgIpc) is 3.23. The van der Waals surface area contributed by atoms with Crippen LogP contribution < -0.4 is 20.3 Å². The molecule has 0 spiro atoms. The molecule has 3 saturated heterocycles. The van der Waals surface area contributed by atoms with Gasteiger partial charge >= 0.3 is 6.61 Å². The molecule has 10 heteroatoms. The maximum absolute atomic E-state index is 12.7. The molecule has 8 nitrogen and oxygen atoms in total. The minimum Gasteiger partial charge on any atom is -0.431 e. The molecule has 2 aromatic heterocycles. The zero-order valence-corrected chi connectivity index (χ0v) is 15.8. The lowest BCUT2D eigenvalue weighted by molar-refractivity contribution is -0.0494. The molecule has 154 valence electrons. The number of hydrogen-bond acceptors (Lipinski definition) is 8. The number of nitrogens with two attached hydrogens (primary N) is 1. The molecule has 0 amide bonds. The van der Waals surface area contributed by atoms with E-state index in [4.69, 9.17) is 15.5 Å². The summed E-state index contributed by atoms with van der Waals surface area (Å²) >= 11 is 0. The van der Waals surface area contributed by atoms with Crippen LogP contribution in [0.15, 0.2) is 18.3 Å². The number of nitrogen functional groups attached to an aromatic ring is 1. The van der Waals surface area contributed by atoms with Crippen LogP contribution in [0.3, 0.4) is 0 Å². The van der Waals surface area contributed by atoms with Gasteiger partial charge in [0.2, 0.25) is 5.95 Å². The van der Waals surface area contributed by atoms with Gasteiger partial charge in [-0.2, -0.15) is 13.8 Å². The van der Waals surface area contributed by atoms with Crippen molar-refractivity contribution < 1.29 is 18.3 Å². The summed E-state index contributed by atoms with van der Waals surface area (Å²) in [7, 11) is 0. The van der Waals surface area contributed by atoms with E-state index in [9.17, 15) is 8.78 Å². The summed E-state index contributed by atoms with van der Waals surface area (Å²) in [6, 6.07) is 3.31. The number of halogens is 2. The third kappa shape index (κ3) is 3.52. The number of rotatable bonds is 5. The molecule has 0 unspecified atom stereocenters. The van der Waals surface area contributed by atoms with Gasteiger partial charge in [-0.25, -0.2) is 9.97 Å². The number of hydrogen-bond donors (Lipinski definition) is 1. The van der Waals surface area contributed by atoms with Crippen molar-refractivity contribution in [1.29, 1.82) is 0 Å². The Morgan fingerprint density at radius 2 is 2.03 bits per heavy atom. The van der Waals surface area contributed by atoms with Crippen LogP contribution in [0.2, 0.25) is 0 Å². The molecule has 0 aliphatic carbocycles. The normalized spacial score (nSPS) is 23.4. The first kappa shape index (κ1) is 18.3. The monoisotopic (exact) mass is 404 g/mol. The molecule has 2 N–H and O–H groups in total. The number of pyridine rings is 1. The Morgan fingerprint density at radius 3 is 2.76 bits per heavy atom. The second-order valence-corrected chi connectivity index (χ2v) is 7.60. The van der Waals surface area contributed by atoms with Gasteiger partial charge in [0.25, 0.3) is 0 Å². The van der Waals surface area contributed by atoms with Crippen LogP contribution in [-0.2, 0) is 4.74 Å². The topological polar surface area (TPSA) is 89.6 Å². The molecule has 0 aromatic carbocycles. The van der Waals surface area contributed by atoms with Gasteiger partial charge in [0.05, 0.1) is 11.8 Å². The van der Waals surface area contributed by atoms with E-state index < -0.39 is 6.61 Å². The Balaban J connectivity index is 1.51. The summed E-state index contributed by atoms with van der Waals surface area (Å²) < 4.78 is 35.7. The third-order valence-corrected chi connectivity index (χ3v) is 5.76. The van der Waals surface area contributed by atoms with Crippen LogP contribution in [0.1, 0.15) is 12.8 Å². The molecule has 3 aliphatic heterocycles. The second kappa shape index (κ2) is 7.25. The minimum atomic E-state index is -2.98. The quantitative estimate of drug-likeness (QED) is 0.811. The van der Waals surface area contributed by atoms with Crippen LogP contribution in [0.25, 0.3) is 11.3 Å². The maximum atomic E-state index is 12.7. The molecular formula is C19H22F2N6O2. The van der Waals surface area contributed by atoms with E-state index in [0.717, 1.165) is 51.4 Å². The lowest BCUT2D eigenvalue weighted by Gasteiger charge is -2.32. The largest absolute Gasteiger partial charge is 0.431 e. The lowest BCUT2D eigenvalue weighted by atomic mass is 10.1.